The van der Waals surface area contributed by atoms with Gasteiger partial charge in [-0.15, -0.1) is 0 Å². The lowest BCUT2D eigenvalue weighted by atomic mass is 9.61. The highest BCUT2D eigenvalue weighted by Crippen LogP contribution is 2.47. The number of benzene rings is 1. The van der Waals surface area contributed by atoms with Gasteiger partial charge in [-0.1, -0.05) is 40.2 Å². The first-order valence-electron chi connectivity index (χ1n) is 10.7. The minimum absolute atomic E-state index is 0.0293. The molecule has 30 heavy (non-hydrogen) atoms. The van der Waals surface area contributed by atoms with Gasteiger partial charge in [-0.2, -0.15) is 0 Å². The Morgan fingerprint density at radius 3 is 2.60 bits per heavy atom. The van der Waals surface area contributed by atoms with Crippen LogP contribution < -0.4 is 4.72 Å². The predicted molar refractivity (Wildman–Crippen MR) is 123 cm³/mol. The number of sulfonamides is 1. The summed E-state index contributed by atoms with van der Waals surface area (Å²) in [6.45, 7) is 0. The minimum atomic E-state index is -3.53. The van der Waals surface area contributed by atoms with Crippen LogP contribution in [0.4, 0.5) is 0 Å². The van der Waals surface area contributed by atoms with E-state index in [1.807, 2.05) is 30.3 Å². The largest absolute Gasteiger partial charge is 0.481 e. The first-order valence-corrected chi connectivity index (χ1v) is 13.0. The molecule has 0 spiro atoms. The molecule has 0 saturated heterocycles. The van der Waals surface area contributed by atoms with Gasteiger partial charge >= 0.3 is 5.97 Å². The fourth-order valence-electron chi connectivity index (χ4n) is 4.85. The number of carbonyl (C=O) groups is 1. The van der Waals surface area contributed by atoms with E-state index >= 15 is 0 Å². The first-order chi connectivity index (χ1) is 14.3. The summed E-state index contributed by atoms with van der Waals surface area (Å²) in [7, 11) is -3.53. The molecule has 3 fully saturated rings. The number of allylic oxidation sites excluding steroid dienone is 2. The Labute approximate surface area is 187 Å². The molecule has 0 aliphatic heterocycles. The van der Waals surface area contributed by atoms with Crippen molar-refractivity contribution in [2.45, 2.75) is 57.4 Å². The molecule has 2 N–H and O–H groups in total. The molecular weight excluding hydrogens is 466 g/mol. The van der Waals surface area contributed by atoms with Gasteiger partial charge in [-0.3, -0.25) is 4.79 Å². The highest BCUT2D eigenvalue weighted by atomic mass is 79.9. The second kappa shape index (κ2) is 10.7. The number of fused-ring (bicyclic) bond motifs is 3. The van der Waals surface area contributed by atoms with Gasteiger partial charge in [-0.05, 0) is 86.5 Å². The van der Waals surface area contributed by atoms with Crippen molar-refractivity contribution in [2.24, 2.45) is 17.8 Å². The number of rotatable bonds is 10. The molecule has 164 valence electrons. The summed E-state index contributed by atoms with van der Waals surface area (Å²) in [4.78, 5) is 10.6. The van der Waals surface area contributed by atoms with Crippen LogP contribution in [-0.4, -0.2) is 25.5 Å². The van der Waals surface area contributed by atoms with Gasteiger partial charge in [0, 0.05) is 22.3 Å². The van der Waals surface area contributed by atoms with Crippen LogP contribution in [-0.2, 0) is 14.8 Å². The van der Waals surface area contributed by atoms with E-state index in [1.165, 1.54) is 18.2 Å². The third-order valence-electron chi connectivity index (χ3n) is 6.32. The van der Waals surface area contributed by atoms with E-state index in [1.54, 1.807) is 6.08 Å². The topological polar surface area (TPSA) is 83.5 Å². The van der Waals surface area contributed by atoms with Crippen molar-refractivity contribution in [2.75, 3.05) is 0 Å². The normalized spacial score (nSPS) is 26.6. The van der Waals surface area contributed by atoms with Crippen molar-refractivity contribution < 1.29 is 18.3 Å². The zero-order valence-electron chi connectivity index (χ0n) is 17.0. The van der Waals surface area contributed by atoms with Crippen molar-refractivity contribution in [3.05, 3.63) is 51.9 Å². The van der Waals surface area contributed by atoms with E-state index in [0.29, 0.717) is 24.2 Å². The Hall–Kier alpha value is -1.44. The summed E-state index contributed by atoms with van der Waals surface area (Å²) >= 11 is 3.40. The number of hydrogen-bond donors (Lipinski definition) is 2. The molecule has 3 saturated carbocycles. The van der Waals surface area contributed by atoms with E-state index in [-0.39, 0.29) is 12.5 Å². The number of carboxylic acids is 1. The van der Waals surface area contributed by atoms with E-state index in [9.17, 15) is 13.2 Å². The molecule has 4 rings (SSSR count). The summed E-state index contributed by atoms with van der Waals surface area (Å²) in [6.07, 6.45) is 12.7. The maximum Gasteiger partial charge on any atom is 0.303 e. The van der Waals surface area contributed by atoms with Crippen molar-refractivity contribution in [3.8, 4) is 0 Å². The molecule has 3 aliphatic carbocycles. The average molecular weight is 496 g/mol. The van der Waals surface area contributed by atoms with Gasteiger partial charge in [0.25, 0.3) is 0 Å². The molecule has 2 unspecified atom stereocenters. The highest BCUT2D eigenvalue weighted by Gasteiger charge is 2.44. The average Bonchev–Trinajstić information content (AvgIpc) is 2.71. The lowest BCUT2D eigenvalue weighted by molar-refractivity contribution is -0.137. The molecule has 2 atom stereocenters. The van der Waals surface area contributed by atoms with Gasteiger partial charge in [0.2, 0.25) is 10.0 Å². The third-order valence-corrected chi connectivity index (χ3v) is 7.90. The smallest absolute Gasteiger partial charge is 0.303 e. The molecule has 3 aliphatic rings. The maximum atomic E-state index is 12.8. The van der Waals surface area contributed by atoms with Crippen LogP contribution in [0.3, 0.4) is 0 Å². The molecule has 7 heteroatoms. The summed E-state index contributed by atoms with van der Waals surface area (Å²) in [6, 6.07) is 7.51. The summed E-state index contributed by atoms with van der Waals surface area (Å²) < 4.78 is 29.5. The van der Waals surface area contributed by atoms with Crippen molar-refractivity contribution in [1.82, 2.24) is 4.72 Å². The van der Waals surface area contributed by atoms with Gasteiger partial charge < -0.3 is 5.11 Å². The van der Waals surface area contributed by atoms with Crippen LogP contribution in [0.5, 0.6) is 0 Å². The molecule has 0 heterocycles. The van der Waals surface area contributed by atoms with Crippen LogP contribution in [0.1, 0.15) is 56.9 Å². The van der Waals surface area contributed by atoms with E-state index in [4.69, 9.17) is 5.11 Å². The maximum absolute atomic E-state index is 12.8. The first kappa shape index (κ1) is 23.2. The number of hydrogen-bond acceptors (Lipinski definition) is 3. The summed E-state index contributed by atoms with van der Waals surface area (Å²) in [5, 5.41) is 9.99. The molecule has 0 aromatic heterocycles. The summed E-state index contributed by atoms with van der Waals surface area (Å²) in [5.41, 5.74) is 0.834. The quantitative estimate of drug-likeness (QED) is 0.338. The molecule has 0 amide bonds. The number of nitrogens with one attached hydrogen (secondary N) is 1. The second-order valence-corrected chi connectivity index (χ2v) is 10.9. The van der Waals surface area contributed by atoms with Gasteiger partial charge in [0.05, 0.1) is 0 Å². The highest BCUT2D eigenvalue weighted by molar-refractivity contribution is 9.10. The fourth-order valence-corrected chi connectivity index (χ4v) is 6.43. The van der Waals surface area contributed by atoms with Crippen LogP contribution in [0.2, 0.25) is 0 Å². The minimum Gasteiger partial charge on any atom is -0.481 e. The van der Waals surface area contributed by atoms with E-state index in [2.05, 4.69) is 26.7 Å². The Morgan fingerprint density at radius 1 is 1.17 bits per heavy atom. The van der Waals surface area contributed by atoms with Gasteiger partial charge in [0.15, 0.2) is 0 Å². The third kappa shape index (κ3) is 6.79. The zero-order chi connectivity index (χ0) is 21.6. The Bertz CT molecular complexity index is 888. The SMILES string of the molecule is O=C(O)CCCC=CCC1C2CCC(CC2)C1NS(=O)(=O)C=Cc1cccc(Br)c1. The lowest BCUT2D eigenvalue weighted by Gasteiger charge is -2.48. The van der Waals surface area contributed by atoms with Crippen LogP contribution in [0, 0.1) is 17.8 Å². The number of halogens is 1. The number of aliphatic carboxylic acids is 1. The van der Waals surface area contributed by atoms with Gasteiger partial charge in [-0.25, -0.2) is 13.1 Å². The second-order valence-electron chi connectivity index (χ2n) is 8.38. The molecule has 5 nitrogen and oxygen atoms in total. The fraction of sp³-hybridized carbons (Fsp3) is 0.522. The number of carboxylic acid groups (broad SMARTS) is 1. The van der Waals surface area contributed by atoms with Crippen molar-refractivity contribution in [1.29, 1.82) is 0 Å². The van der Waals surface area contributed by atoms with E-state index < -0.39 is 16.0 Å². The Kier molecular flexibility index (Phi) is 8.31. The van der Waals surface area contributed by atoms with Crippen molar-refractivity contribution in [3.63, 3.8) is 0 Å². The van der Waals surface area contributed by atoms with Crippen LogP contribution in [0.25, 0.3) is 6.08 Å². The molecular formula is C23H30BrNO4S. The Balaban J connectivity index is 1.62. The molecule has 1 aromatic rings. The van der Waals surface area contributed by atoms with Crippen LogP contribution >= 0.6 is 15.9 Å². The Morgan fingerprint density at radius 2 is 1.90 bits per heavy atom. The summed E-state index contributed by atoms with van der Waals surface area (Å²) in [5.74, 6) is 0.496. The van der Waals surface area contributed by atoms with Crippen LogP contribution in [0.15, 0.2) is 46.3 Å². The standard InChI is InChI=1S/C23H30BrNO4S/c24-20-7-5-6-17(16-20)14-15-30(28,29)25-23-19-12-10-18(11-13-19)21(23)8-3-1-2-4-9-22(26)27/h1,3,5-7,14-16,18-19,21,23,25H,2,4,8-13H2,(H,26,27). The monoisotopic (exact) mass is 495 g/mol. The molecule has 1 aromatic carbocycles. The molecule has 0 radical (unpaired) electrons. The van der Waals surface area contributed by atoms with Gasteiger partial charge in [0.1, 0.15) is 0 Å². The number of unbranched alkanes of at least 4 members (excludes halogenated alkanes) is 1. The van der Waals surface area contributed by atoms with E-state index in [0.717, 1.165) is 35.7 Å². The lowest BCUT2D eigenvalue weighted by Crippen LogP contribution is -2.52. The molecule has 2 bridgehead atoms. The predicted octanol–water partition coefficient (Wildman–Crippen LogP) is 5.35. The zero-order valence-corrected chi connectivity index (χ0v) is 19.4. The van der Waals surface area contributed by atoms with Crippen molar-refractivity contribution >= 4 is 38.0 Å².